The summed E-state index contributed by atoms with van der Waals surface area (Å²) in [5.41, 5.74) is -0.379. The zero-order valence-electron chi connectivity index (χ0n) is 13.8. The van der Waals surface area contributed by atoms with Crippen LogP contribution >= 0.6 is 0 Å². The van der Waals surface area contributed by atoms with Gasteiger partial charge in [-0.1, -0.05) is 27.2 Å². The molecule has 1 aliphatic heterocycles. The Morgan fingerprint density at radius 3 is 2.57 bits per heavy atom. The van der Waals surface area contributed by atoms with E-state index in [4.69, 9.17) is 4.74 Å². The first-order chi connectivity index (χ1) is 9.95. The van der Waals surface area contributed by atoms with E-state index in [-0.39, 0.29) is 17.3 Å². The van der Waals surface area contributed by atoms with E-state index in [0.717, 1.165) is 32.2 Å². The smallest absolute Gasteiger partial charge is 0.328 e. The summed E-state index contributed by atoms with van der Waals surface area (Å²) >= 11 is 0. The minimum Gasteiger partial charge on any atom is -0.467 e. The van der Waals surface area contributed by atoms with E-state index >= 15 is 0 Å². The maximum absolute atomic E-state index is 12.8. The number of nitrogens with one attached hydrogen (secondary N) is 2. The van der Waals surface area contributed by atoms with Gasteiger partial charge in [0.2, 0.25) is 5.91 Å². The van der Waals surface area contributed by atoms with Crippen LogP contribution in [0.1, 0.15) is 52.9 Å². The highest BCUT2D eigenvalue weighted by atomic mass is 16.5. The third-order valence-electron chi connectivity index (χ3n) is 4.18. The van der Waals surface area contributed by atoms with Crippen LogP contribution in [0.4, 0.5) is 0 Å². The Balaban J connectivity index is 2.79. The minimum absolute atomic E-state index is 0.00685. The number of esters is 1. The van der Waals surface area contributed by atoms with Gasteiger partial charge in [-0.3, -0.25) is 4.79 Å². The van der Waals surface area contributed by atoms with Gasteiger partial charge in [-0.15, -0.1) is 0 Å². The van der Waals surface area contributed by atoms with E-state index in [2.05, 4.69) is 17.6 Å². The zero-order chi connectivity index (χ0) is 15.9. The second kappa shape index (κ2) is 8.37. The highest BCUT2D eigenvalue weighted by Crippen LogP contribution is 2.32. The van der Waals surface area contributed by atoms with Crippen molar-refractivity contribution in [3.8, 4) is 0 Å². The summed E-state index contributed by atoms with van der Waals surface area (Å²) < 4.78 is 4.83. The number of piperidine rings is 1. The molecule has 0 spiro atoms. The van der Waals surface area contributed by atoms with Gasteiger partial charge in [0.25, 0.3) is 0 Å². The number of hydrogen-bond acceptors (Lipinski definition) is 4. The molecule has 0 aromatic heterocycles. The highest BCUT2D eigenvalue weighted by molar-refractivity contribution is 5.88. The summed E-state index contributed by atoms with van der Waals surface area (Å²) in [4.78, 5) is 24.6. The van der Waals surface area contributed by atoms with Gasteiger partial charge in [0.05, 0.1) is 12.5 Å². The molecular weight excluding hydrogens is 268 g/mol. The molecular formula is C16H30N2O3. The number of amides is 1. The second-order valence-electron chi connectivity index (χ2n) is 6.49. The van der Waals surface area contributed by atoms with Crippen molar-refractivity contribution in [3.05, 3.63) is 0 Å². The molecule has 21 heavy (non-hydrogen) atoms. The summed E-state index contributed by atoms with van der Waals surface area (Å²) in [6.45, 7) is 7.82. The lowest BCUT2D eigenvalue weighted by molar-refractivity contribution is -0.147. The summed E-state index contributed by atoms with van der Waals surface area (Å²) in [5.74, 6) is -0.0407. The third-order valence-corrected chi connectivity index (χ3v) is 4.18. The van der Waals surface area contributed by atoms with Crippen LogP contribution in [0.2, 0.25) is 0 Å². The van der Waals surface area contributed by atoms with E-state index < -0.39 is 6.04 Å². The van der Waals surface area contributed by atoms with E-state index in [1.54, 1.807) is 0 Å². The van der Waals surface area contributed by atoms with Gasteiger partial charge >= 0.3 is 5.97 Å². The quantitative estimate of drug-likeness (QED) is 0.704. The molecule has 0 bridgehead atoms. The van der Waals surface area contributed by atoms with Crippen molar-refractivity contribution in [1.82, 2.24) is 10.6 Å². The van der Waals surface area contributed by atoms with E-state index in [9.17, 15) is 9.59 Å². The Hall–Kier alpha value is -1.10. The molecule has 1 unspecified atom stereocenters. The second-order valence-corrected chi connectivity index (χ2v) is 6.49. The molecule has 0 aromatic rings. The van der Waals surface area contributed by atoms with Crippen LogP contribution in [0.15, 0.2) is 0 Å². The molecule has 0 aliphatic carbocycles. The van der Waals surface area contributed by atoms with Gasteiger partial charge in [-0.05, 0) is 38.1 Å². The van der Waals surface area contributed by atoms with Crippen LogP contribution in [0.3, 0.4) is 0 Å². The maximum atomic E-state index is 12.8. The third kappa shape index (κ3) is 4.99. The number of methoxy groups -OCH3 is 1. The normalized spacial score (nSPS) is 23.7. The van der Waals surface area contributed by atoms with E-state index in [1.165, 1.54) is 7.11 Å². The zero-order valence-corrected chi connectivity index (χ0v) is 13.8. The number of carbonyl (C=O) groups excluding carboxylic acids is 2. The van der Waals surface area contributed by atoms with Crippen molar-refractivity contribution in [2.75, 3.05) is 20.2 Å². The van der Waals surface area contributed by atoms with Crippen LogP contribution in [-0.4, -0.2) is 38.1 Å². The average Bonchev–Trinajstić information content (AvgIpc) is 2.46. The largest absolute Gasteiger partial charge is 0.467 e. The SMILES string of the molecule is CCCC1(C(=O)N[C@@H](CC(C)C)C(=O)OC)CCCNC1. The highest BCUT2D eigenvalue weighted by Gasteiger charge is 2.40. The van der Waals surface area contributed by atoms with Gasteiger partial charge in [0, 0.05) is 6.54 Å². The Morgan fingerprint density at radius 2 is 2.10 bits per heavy atom. The first-order valence-corrected chi connectivity index (χ1v) is 8.04. The summed E-state index contributed by atoms with van der Waals surface area (Å²) in [6, 6.07) is -0.543. The monoisotopic (exact) mass is 298 g/mol. The molecule has 1 heterocycles. The molecule has 2 atom stereocenters. The molecule has 2 N–H and O–H groups in total. The number of carbonyl (C=O) groups is 2. The average molecular weight is 298 g/mol. The summed E-state index contributed by atoms with van der Waals surface area (Å²) in [5, 5.41) is 6.26. The fraction of sp³-hybridized carbons (Fsp3) is 0.875. The lowest BCUT2D eigenvalue weighted by Crippen LogP contribution is -2.54. The van der Waals surface area contributed by atoms with E-state index in [0.29, 0.717) is 18.9 Å². The molecule has 0 radical (unpaired) electrons. The fourth-order valence-electron chi connectivity index (χ4n) is 3.11. The molecule has 1 fully saturated rings. The predicted octanol–water partition coefficient (Wildman–Crippen LogP) is 1.86. The van der Waals surface area contributed by atoms with Crippen molar-refractivity contribution in [1.29, 1.82) is 0 Å². The van der Waals surface area contributed by atoms with Gasteiger partial charge in [0.1, 0.15) is 6.04 Å². The van der Waals surface area contributed by atoms with Crippen molar-refractivity contribution >= 4 is 11.9 Å². The molecule has 1 rings (SSSR count). The van der Waals surface area contributed by atoms with Gasteiger partial charge in [-0.25, -0.2) is 4.79 Å². The van der Waals surface area contributed by atoms with Gasteiger partial charge < -0.3 is 15.4 Å². The molecule has 5 nitrogen and oxygen atoms in total. The fourth-order valence-corrected chi connectivity index (χ4v) is 3.11. The lowest BCUT2D eigenvalue weighted by atomic mass is 9.76. The Morgan fingerprint density at radius 1 is 1.38 bits per heavy atom. The number of rotatable bonds is 7. The van der Waals surface area contributed by atoms with Crippen LogP contribution in [0, 0.1) is 11.3 Å². The Kier molecular flexibility index (Phi) is 7.15. The number of hydrogen-bond donors (Lipinski definition) is 2. The minimum atomic E-state index is -0.543. The van der Waals surface area contributed by atoms with Crippen molar-refractivity contribution in [2.45, 2.75) is 58.9 Å². The lowest BCUT2D eigenvalue weighted by Gasteiger charge is -2.37. The summed E-state index contributed by atoms with van der Waals surface area (Å²) in [7, 11) is 1.37. The van der Waals surface area contributed by atoms with Crippen LogP contribution in [0.5, 0.6) is 0 Å². The molecule has 5 heteroatoms. The molecule has 0 saturated carbocycles. The van der Waals surface area contributed by atoms with Crippen molar-refractivity contribution in [2.24, 2.45) is 11.3 Å². The topological polar surface area (TPSA) is 67.4 Å². The summed E-state index contributed by atoms with van der Waals surface area (Å²) in [6.07, 6.45) is 4.30. The first-order valence-electron chi connectivity index (χ1n) is 8.04. The number of ether oxygens (including phenoxy) is 1. The van der Waals surface area contributed by atoms with Crippen LogP contribution in [-0.2, 0) is 14.3 Å². The maximum Gasteiger partial charge on any atom is 0.328 e. The molecule has 1 aliphatic rings. The molecule has 1 amide bonds. The Bertz CT molecular complexity index is 344. The van der Waals surface area contributed by atoms with Crippen molar-refractivity contribution in [3.63, 3.8) is 0 Å². The van der Waals surface area contributed by atoms with Crippen LogP contribution < -0.4 is 10.6 Å². The molecule has 122 valence electrons. The van der Waals surface area contributed by atoms with Gasteiger partial charge in [0.15, 0.2) is 0 Å². The molecule has 1 saturated heterocycles. The first kappa shape index (κ1) is 18.0. The van der Waals surface area contributed by atoms with E-state index in [1.807, 2.05) is 13.8 Å². The molecule has 0 aromatic carbocycles. The van der Waals surface area contributed by atoms with Gasteiger partial charge in [-0.2, -0.15) is 0 Å². The Labute approximate surface area is 128 Å². The van der Waals surface area contributed by atoms with Crippen molar-refractivity contribution < 1.29 is 14.3 Å². The predicted molar refractivity (Wildman–Crippen MR) is 82.8 cm³/mol. The van der Waals surface area contributed by atoms with Crippen LogP contribution in [0.25, 0.3) is 0 Å². The standard InChI is InChI=1S/C16H30N2O3/c1-5-7-16(8-6-9-17-11-16)15(20)18-13(10-12(2)3)14(19)21-4/h12-13,17H,5-11H2,1-4H3,(H,18,20)/t13-,16?/m0/s1.